The van der Waals surface area contributed by atoms with Gasteiger partial charge < -0.3 is 25.4 Å². The summed E-state index contributed by atoms with van der Waals surface area (Å²) in [5.41, 5.74) is 8.42. The Morgan fingerprint density at radius 1 is 1.02 bits per heavy atom. The van der Waals surface area contributed by atoms with Gasteiger partial charge in [-0.1, -0.05) is 39.3 Å². The molecule has 10 heteroatoms. The molecule has 0 saturated carbocycles. The number of hydrogen-bond acceptors (Lipinski definition) is 8. The van der Waals surface area contributed by atoms with Gasteiger partial charge in [0, 0.05) is 60.2 Å². The summed E-state index contributed by atoms with van der Waals surface area (Å²) in [5, 5.41) is 15.4. The molecule has 0 aliphatic rings. The maximum absolute atomic E-state index is 8.90. The fourth-order valence-corrected chi connectivity index (χ4v) is 5.61. The Morgan fingerprint density at radius 3 is 2.29 bits per heavy atom. The van der Waals surface area contributed by atoms with E-state index in [9.17, 15) is 0 Å². The lowest BCUT2D eigenvalue weighted by molar-refractivity contribution is -0.00211. The molecule has 42 heavy (non-hydrogen) atoms. The Hall–Kier alpha value is -4.05. The van der Waals surface area contributed by atoms with Crippen LogP contribution in [0.15, 0.2) is 72.4 Å². The van der Waals surface area contributed by atoms with Gasteiger partial charge in [0.1, 0.15) is 17.8 Å². The van der Waals surface area contributed by atoms with Gasteiger partial charge in [-0.3, -0.25) is 4.68 Å². The van der Waals surface area contributed by atoms with Crippen molar-refractivity contribution in [2.45, 2.75) is 72.0 Å². The molecule has 0 radical (unpaired) electrons. The molecule has 0 aliphatic heterocycles. The highest BCUT2D eigenvalue weighted by atomic mass is 32.1. The molecule has 4 rings (SSSR count). The molecule has 0 aliphatic carbocycles. The van der Waals surface area contributed by atoms with E-state index in [4.69, 9.17) is 25.4 Å². The van der Waals surface area contributed by atoms with Crippen molar-refractivity contribution in [3.8, 4) is 22.8 Å². The fourth-order valence-electron chi connectivity index (χ4n) is 4.53. The average Bonchev–Trinajstić information content (AvgIpc) is 3.69. The normalized spacial score (nSPS) is 12.5. The summed E-state index contributed by atoms with van der Waals surface area (Å²) < 4.78 is 14.5. The van der Waals surface area contributed by atoms with E-state index in [0.29, 0.717) is 17.2 Å². The first-order valence-electron chi connectivity index (χ1n) is 14.7. The number of thiazole rings is 1. The largest absolute Gasteiger partial charge is 0.455 e. The van der Waals surface area contributed by atoms with Crippen LogP contribution >= 0.6 is 11.3 Å². The number of rotatable bonds is 16. The molecule has 3 N–H and O–H groups in total. The molecule has 9 nitrogen and oxygen atoms in total. The maximum Gasteiger partial charge on any atom is 0.241 e. The number of unbranched alkanes of at least 4 members (excludes halogenated alkanes) is 1. The van der Waals surface area contributed by atoms with Crippen LogP contribution in [0.5, 0.6) is 11.5 Å². The number of imidazole rings is 1. The summed E-state index contributed by atoms with van der Waals surface area (Å²) in [6.07, 6.45) is 9.95. The van der Waals surface area contributed by atoms with Crippen LogP contribution in [0, 0.1) is 0 Å². The molecule has 0 saturated heterocycles. The van der Waals surface area contributed by atoms with Gasteiger partial charge in [-0.25, -0.2) is 9.97 Å². The number of amidine groups is 1. The first-order chi connectivity index (χ1) is 20.4. The predicted molar refractivity (Wildman–Crippen MR) is 169 cm³/mol. The van der Waals surface area contributed by atoms with Gasteiger partial charge in [-0.15, -0.1) is 11.3 Å². The summed E-state index contributed by atoms with van der Waals surface area (Å²) in [5.74, 6) is 1.82. The number of ether oxygens (including phenoxy) is 2. The third-order valence-corrected chi connectivity index (χ3v) is 8.23. The number of aromatic nitrogens is 3. The third kappa shape index (κ3) is 8.25. The van der Waals surface area contributed by atoms with Crippen molar-refractivity contribution in [3.05, 3.63) is 82.7 Å². The minimum Gasteiger partial charge on any atom is -0.455 e. The zero-order chi connectivity index (χ0) is 29.9. The maximum atomic E-state index is 8.90. The van der Waals surface area contributed by atoms with Crippen molar-refractivity contribution in [1.29, 1.82) is 0 Å². The Kier molecular flexibility index (Phi) is 11.2. The van der Waals surface area contributed by atoms with E-state index in [1.165, 1.54) is 4.88 Å². The second-order valence-electron chi connectivity index (χ2n) is 10.5. The summed E-state index contributed by atoms with van der Waals surface area (Å²) >= 11 is 1.81. The number of oxime groups is 1. The van der Waals surface area contributed by atoms with Crippen LogP contribution in [-0.4, -0.2) is 45.1 Å². The smallest absolute Gasteiger partial charge is 0.241 e. The first-order valence-corrected chi connectivity index (χ1v) is 15.5. The first kappa shape index (κ1) is 30.9. The van der Waals surface area contributed by atoms with Crippen LogP contribution in [-0.2, 0) is 6.42 Å². The van der Waals surface area contributed by atoms with Crippen LogP contribution < -0.4 is 20.2 Å². The van der Waals surface area contributed by atoms with Gasteiger partial charge in [0.15, 0.2) is 5.84 Å². The van der Waals surface area contributed by atoms with Gasteiger partial charge in [0.05, 0.1) is 10.7 Å². The van der Waals surface area contributed by atoms with Crippen molar-refractivity contribution in [3.63, 3.8) is 0 Å². The van der Waals surface area contributed by atoms with Gasteiger partial charge >= 0.3 is 0 Å². The van der Waals surface area contributed by atoms with E-state index in [1.807, 2.05) is 30.9 Å². The lowest BCUT2D eigenvalue weighted by Gasteiger charge is -2.24. The van der Waals surface area contributed by atoms with Crippen molar-refractivity contribution in [1.82, 2.24) is 14.6 Å². The minimum atomic E-state index is -0.444. The van der Waals surface area contributed by atoms with Crippen LogP contribution in [0.4, 0.5) is 0 Å². The highest BCUT2D eigenvalue weighted by Crippen LogP contribution is 2.33. The number of nitrogens with zero attached hydrogens (tertiary/aromatic N) is 5. The predicted octanol–water partition coefficient (Wildman–Crippen LogP) is 6.79. The van der Waals surface area contributed by atoms with E-state index in [1.54, 1.807) is 35.6 Å². The molecule has 0 amide bonds. The third-order valence-electron chi connectivity index (χ3n) is 6.82. The minimum absolute atomic E-state index is 0.0562. The second kappa shape index (κ2) is 15.3. The molecule has 2 aromatic carbocycles. The standard InChI is InChI=1S/C32H42N6O3S/c1-5-7-8-29(41-27-15-11-25(12-16-27)31(33)36-39)40-26-13-9-24(10-14-26)30-28(42-32(35-30)23(3)4)17-20-37(19-6-2)38-21-18-34-22-38/h9-16,18,21-23,29,39H,5-8,17,19-20H2,1-4H3,(H2,33,36). The van der Waals surface area contributed by atoms with Gasteiger partial charge in [-0.05, 0) is 61.4 Å². The van der Waals surface area contributed by atoms with Gasteiger partial charge in [0.2, 0.25) is 6.29 Å². The Balaban J connectivity index is 1.48. The van der Waals surface area contributed by atoms with Crippen molar-refractivity contribution < 1.29 is 14.7 Å². The fraction of sp³-hybridized carbons (Fsp3) is 0.406. The van der Waals surface area contributed by atoms with Gasteiger partial charge in [0.25, 0.3) is 0 Å². The quantitative estimate of drug-likeness (QED) is 0.0486. The molecule has 0 spiro atoms. The summed E-state index contributed by atoms with van der Waals surface area (Å²) in [6.45, 7) is 10.6. The number of benzene rings is 2. The molecular weight excluding hydrogens is 548 g/mol. The molecule has 2 aromatic heterocycles. The molecule has 224 valence electrons. The molecular formula is C32H42N6O3S. The Labute approximate surface area is 252 Å². The second-order valence-corrected chi connectivity index (χ2v) is 11.6. The van der Waals surface area contributed by atoms with E-state index in [2.05, 4.69) is 59.7 Å². The summed E-state index contributed by atoms with van der Waals surface area (Å²) in [4.78, 5) is 10.6. The zero-order valence-corrected chi connectivity index (χ0v) is 25.8. The average molecular weight is 591 g/mol. The Bertz CT molecular complexity index is 1380. The van der Waals surface area contributed by atoms with Crippen molar-refractivity contribution >= 4 is 17.2 Å². The van der Waals surface area contributed by atoms with Crippen molar-refractivity contribution in [2.24, 2.45) is 10.9 Å². The lowest BCUT2D eigenvalue weighted by Crippen LogP contribution is -2.36. The summed E-state index contributed by atoms with van der Waals surface area (Å²) in [6, 6.07) is 15.2. The van der Waals surface area contributed by atoms with E-state index >= 15 is 0 Å². The van der Waals surface area contributed by atoms with E-state index in [0.717, 1.165) is 67.2 Å². The number of nitrogens with two attached hydrogens (primary N) is 1. The Morgan fingerprint density at radius 2 is 1.71 bits per heavy atom. The SMILES string of the molecule is CCCCC(Oc1ccc(C(N)=NO)cc1)Oc1ccc(-c2nc(C(C)C)sc2CCN(CCC)n2ccnc2)cc1. The van der Waals surface area contributed by atoms with Crippen LogP contribution in [0.1, 0.15) is 74.7 Å². The van der Waals surface area contributed by atoms with E-state index in [-0.39, 0.29) is 5.84 Å². The lowest BCUT2D eigenvalue weighted by atomic mass is 10.1. The summed E-state index contributed by atoms with van der Waals surface area (Å²) in [7, 11) is 0. The molecule has 0 fully saturated rings. The molecule has 0 bridgehead atoms. The monoisotopic (exact) mass is 590 g/mol. The highest BCUT2D eigenvalue weighted by molar-refractivity contribution is 7.12. The van der Waals surface area contributed by atoms with Crippen molar-refractivity contribution in [2.75, 3.05) is 18.1 Å². The molecule has 2 heterocycles. The topological polar surface area (TPSA) is 111 Å². The zero-order valence-electron chi connectivity index (χ0n) is 24.9. The van der Waals surface area contributed by atoms with Gasteiger partial charge in [-0.2, -0.15) is 0 Å². The molecule has 1 atom stereocenters. The molecule has 1 unspecified atom stereocenters. The van der Waals surface area contributed by atoms with E-state index < -0.39 is 6.29 Å². The van der Waals surface area contributed by atoms with Crippen LogP contribution in [0.25, 0.3) is 11.3 Å². The van der Waals surface area contributed by atoms with Crippen LogP contribution in [0.3, 0.4) is 0 Å². The number of hydrogen-bond donors (Lipinski definition) is 2. The van der Waals surface area contributed by atoms with Crippen LogP contribution in [0.2, 0.25) is 0 Å². The highest BCUT2D eigenvalue weighted by Gasteiger charge is 2.18. The molecule has 4 aromatic rings.